The summed E-state index contributed by atoms with van der Waals surface area (Å²) in [5, 5.41) is 0. The van der Waals surface area contributed by atoms with Gasteiger partial charge in [0.15, 0.2) is 0 Å². The maximum Gasteiger partial charge on any atom is 0.315 e. The first kappa shape index (κ1) is 9.20. The molecule has 1 aliphatic heterocycles. The van der Waals surface area contributed by atoms with E-state index < -0.39 is 12.2 Å². The molecule has 0 aromatic carbocycles. The molecule has 0 saturated carbocycles. The van der Waals surface area contributed by atoms with Crippen molar-refractivity contribution in [3.05, 3.63) is 12.2 Å². The summed E-state index contributed by atoms with van der Waals surface area (Å²) in [7, 11) is 0. The zero-order valence-corrected chi connectivity index (χ0v) is 7.28. The molecule has 1 aromatic heterocycles. The number of rotatable bonds is 1. The third kappa shape index (κ3) is 1.92. The van der Waals surface area contributed by atoms with Crippen LogP contribution in [-0.2, 0) is 4.74 Å². The topological polar surface area (TPSA) is 51.1 Å². The largest absolute Gasteiger partial charge is 0.378 e. The third-order valence-corrected chi connectivity index (χ3v) is 1.86. The number of nitrogens with zero attached hydrogens (tertiary/aromatic N) is 4. The van der Waals surface area contributed by atoms with E-state index in [0.717, 1.165) is 0 Å². The Morgan fingerprint density at radius 2 is 1.57 bits per heavy atom. The molecule has 0 aliphatic carbocycles. The van der Waals surface area contributed by atoms with Crippen molar-refractivity contribution in [1.29, 1.82) is 0 Å². The molecule has 1 saturated heterocycles. The van der Waals surface area contributed by atoms with Crippen LogP contribution in [0, 0.1) is 12.2 Å². The summed E-state index contributed by atoms with van der Waals surface area (Å²) in [5.41, 5.74) is 0. The monoisotopic (exact) mass is 202 g/mol. The number of hydrogen-bond acceptors (Lipinski definition) is 5. The molecule has 1 fully saturated rings. The lowest BCUT2D eigenvalue weighted by Crippen LogP contribution is -2.37. The molecule has 2 heterocycles. The van der Waals surface area contributed by atoms with Crippen LogP contribution < -0.4 is 4.90 Å². The fraction of sp³-hybridized carbons (Fsp3) is 0.571. The van der Waals surface area contributed by atoms with E-state index in [1.165, 1.54) is 0 Å². The lowest BCUT2D eigenvalue weighted by Gasteiger charge is -2.26. The zero-order chi connectivity index (χ0) is 9.97. The Kier molecular flexibility index (Phi) is 2.49. The molecule has 0 N–H and O–H groups in total. The van der Waals surface area contributed by atoms with Gasteiger partial charge in [0.1, 0.15) is 0 Å². The Balaban J connectivity index is 2.21. The maximum atomic E-state index is 12.6. The molecule has 0 radical (unpaired) electrons. The van der Waals surface area contributed by atoms with Crippen molar-refractivity contribution in [1.82, 2.24) is 15.0 Å². The molecule has 0 atom stereocenters. The van der Waals surface area contributed by atoms with Crippen LogP contribution in [-0.4, -0.2) is 41.3 Å². The average molecular weight is 202 g/mol. The van der Waals surface area contributed by atoms with Gasteiger partial charge in [-0.2, -0.15) is 23.7 Å². The van der Waals surface area contributed by atoms with Gasteiger partial charge in [-0.25, -0.2) is 0 Å². The Morgan fingerprint density at radius 3 is 2.14 bits per heavy atom. The first-order valence-electron chi connectivity index (χ1n) is 4.15. The van der Waals surface area contributed by atoms with E-state index in [4.69, 9.17) is 4.74 Å². The Hall–Kier alpha value is -1.37. The van der Waals surface area contributed by atoms with Gasteiger partial charge in [-0.1, -0.05) is 0 Å². The molecule has 0 unspecified atom stereocenters. The van der Waals surface area contributed by atoms with Crippen LogP contribution in [0.25, 0.3) is 0 Å². The number of hydrogen-bond donors (Lipinski definition) is 0. The minimum absolute atomic E-state index is 0.0262. The second-order valence-corrected chi connectivity index (χ2v) is 2.77. The molecule has 5 nitrogen and oxygen atoms in total. The summed E-state index contributed by atoms with van der Waals surface area (Å²) in [6.45, 7) is 2.08. The molecule has 1 aromatic rings. The molecule has 7 heteroatoms. The Labute approximate surface area is 78.7 Å². The Morgan fingerprint density at radius 1 is 1.00 bits per heavy atom. The van der Waals surface area contributed by atoms with Crippen LogP contribution >= 0.6 is 0 Å². The van der Waals surface area contributed by atoms with Gasteiger partial charge in [-0.15, -0.1) is 0 Å². The Bertz CT molecular complexity index is 309. The molecule has 0 bridgehead atoms. The van der Waals surface area contributed by atoms with E-state index in [9.17, 15) is 8.78 Å². The van der Waals surface area contributed by atoms with Crippen molar-refractivity contribution in [3.8, 4) is 0 Å². The van der Waals surface area contributed by atoms with Gasteiger partial charge in [0, 0.05) is 13.1 Å². The van der Waals surface area contributed by atoms with E-state index in [1.54, 1.807) is 4.90 Å². The molecular formula is C7H8F2N4O. The quantitative estimate of drug-likeness (QED) is 0.641. The van der Waals surface area contributed by atoms with E-state index in [2.05, 4.69) is 15.0 Å². The highest BCUT2D eigenvalue weighted by Gasteiger charge is 2.16. The van der Waals surface area contributed by atoms with E-state index >= 15 is 0 Å². The second kappa shape index (κ2) is 3.79. The molecule has 76 valence electrons. The first-order valence-corrected chi connectivity index (χ1v) is 4.15. The predicted octanol–water partition coefficient (Wildman–Crippen LogP) is -0.0136. The summed E-state index contributed by atoms with van der Waals surface area (Å²) < 4.78 is 30.3. The summed E-state index contributed by atoms with van der Waals surface area (Å²) in [4.78, 5) is 11.3. The molecule has 2 rings (SSSR count). The summed E-state index contributed by atoms with van der Waals surface area (Å²) in [6, 6.07) is 0. The normalized spacial score (nSPS) is 17.1. The lowest BCUT2D eigenvalue weighted by atomic mass is 10.4. The van der Waals surface area contributed by atoms with Crippen LogP contribution in [0.1, 0.15) is 0 Å². The van der Waals surface area contributed by atoms with E-state index in [-0.39, 0.29) is 5.95 Å². The molecule has 1 aliphatic rings. The van der Waals surface area contributed by atoms with Crippen LogP contribution in [0.2, 0.25) is 0 Å². The highest BCUT2D eigenvalue weighted by molar-refractivity contribution is 5.27. The standard InChI is InChI=1S/C7H8F2N4O/c8-5-10-6(9)12-7(11-5)13-1-3-14-4-2-13/h1-4H2. The summed E-state index contributed by atoms with van der Waals surface area (Å²) >= 11 is 0. The maximum absolute atomic E-state index is 12.6. The summed E-state index contributed by atoms with van der Waals surface area (Å²) in [5.74, 6) is 0.0262. The van der Waals surface area contributed by atoms with Crippen molar-refractivity contribution in [2.24, 2.45) is 0 Å². The van der Waals surface area contributed by atoms with Crippen molar-refractivity contribution < 1.29 is 13.5 Å². The van der Waals surface area contributed by atoms with Crippen LogP contribution in [0.4, 0.5) is 14.7 Å². The number of morpholine rings is 1. The van der Waals surface area contributed by atoms with Crippen molar-refractivity contribution in [2.75, 3.05) is 31.2 Å². The van der Waals surface area contributed by atoms with Crippen molar-refractivity contribution >= 4 is 5.95 Å². The van der Waals surface area contributed by atoms with Crippen LogP contribution in [0.5, 0.6) is 0 Å². The fourth-order valence-electron chi connectivity index (χ4n) is 1.22. The first-order chi connectivity index (χ1) is 6.75. The lowest BCUT2D eigenvalue weighted by molar-refractivity contribution is 0.121. The van der Waals surface area contributed by atoms with Gasteiger partial charge in [-0.3, -0.25) is 0 Å². The summed E-state index contributed by atoms with van der Waals surface area (Å²) in [6.07, 6.45) is -2.20. The zero-order valence-electron chi connectivity index (χ0n) is 7.28. The predicted molar refractivity (Wildman–Crippen MR) is 42.8 cm³/mol. The van der Waals surface area contributed by atoms with Crippen molar-refractivity contribution in [3.63, 3.8) is 0 Å². The highest BCUT2D eigenvalue weighted by atomic mass is 19.1. The SMILES string of the molecule is Fc1nc(F)nc(N2CCOCC2)n1. The minimum Gasteiger partial charge on any atom is -0.378 e. The number of halogens is 2. The van der Waals surface area contributed by atoms with Gasteiger partial charge in [0.2, 0.25) is 5.95 Å². The molecule has 14 heavy (non-hydrogen) atoms. The number of anilines is 1. The molecule has 0 amide bonds. The number of aromatic nitrogens is 3. The van der Waals surface area contributed by atoms with E-state index in [1.807, 2.05) is 0 Å². The highest BCUT2D eigenvalue weighted by Crippen LogP contribution is 2.09. The van der Waals surface area contributed by atoms with Gasteiger partial charge < -0.3 is 9.64 Å². The van der Waals surface area contributed by atoms with Gasteiger partial charge in [-0.05, 0) is 0 Å². The molecular weight excluding hydrogens is 194 g/mol. The van der Waals surface area contributed by atoms with Crippen LogP contribution in [0.3, 0.4) is 0 Å². The van der Waals surface area contributed by atoms with Gasteiger partial charge in [0.05, 0.1) is 13.2 Å². The smallest absolute Gasteiger partial charge is 0.315 e. The minimum atomic E-state index is -1.10. The third-order valence-electron chi connectivity index (χ3n) is 1.86. The second-order valence-electron chi connectivity index (χ2n) is 2.77. The van der Waals surface area contributed by atoms with Crippen molar-refractivity contribution in [2.45, 2.75) is 0 Å². The average Bonchev–Trinajstić information content (AvgIpc) is 2.18. The van der Waals surface area contributed by atoms with Gasteiger partial charge >= 0.3 is 12.2 Å². The fourth-order valence-corrected chi connectivity index (χ4v) is 1.22. The van der Waals surface area contributed by atoms with Gasteiger partial charge in [0.25, 0.3) is 0 Å². The number of ether oxygens (including phenoxy) is 1. The molecule has 0 spiro atoms. The van der Waals surface area contributed by atoms with E-state index in [0.29, 0.717) is 26.3 Å². The van der Waals surface area contributed by atoms with Crippen LogP contribution in [0.15, 0.2) is 0 Å².